The quantitative estimate of drug-likeness (QED) is 0.652. The van der Waals surface area contributed by atoms with E-state index in [0.29, 0.717) is 18.9 Å². The fraction of sp³-hybridized carbons (Fsp3) is 0.429. The number of para-hydroxylation sites is 2. The van der Waals surface area contributed by atoms with Crippen molar-refractivity contribution in [2.75, 3.05) is 50.8 Å². The van der Waals surface area contributed by atoms with Crippen LogP contribution in [0.5, 0.6) is 5.75 Å². The molecule has 1 aliphatic rings. The molecule has 0 amide bonds. The van der Waals surface area contributed by atoms with E-state index in [4.69, 9.17) is 4.74 Å². The van der Waals surface area contributed by atoms with Crippen LogP contribution in [-0.4, -0.2) is 59.2 Å². The number of piperazine rings is 1. The van der Waals surface area contributed by atoms with E-state index in [0.717, 1.165) is 39.1 Å². The second-order valence-electron chi connectivity index (χ2n) is 6.80. The Hall–Kier alpha value is -2.09. The molecule has 1 N–H and O–H groups in total. The average molecular weight is 404 g/mol. The van der Waals surface area contributed by atoms with Crippen LogP contribution in [-0.2, 0) is 10.0 Å². The third kappa shape index (κ3) is 5.47. The minimum absolute atomic E-state index is 0.202. The summed E-state index contributed by atoms with van der Waals surface area (Å²) in [6, 6.07) is 17.2. The van der Waals surface area contributed by atoms with Gasteiger partial charge in [-0.15, -0.1) is 0 Å². The monoisotopic (exact) mass is 403 g/mol. The highest BCUT2D eigenvalue weighted by atomic mass is 32.2. The van der Waals surface area contributed by atoms with Crippen LogP contribution in [0, 0.1) is 0 Å². The third-order valence-electron chi connectivity index (χ3n) is 4.88. The van der Waals surface area contributed by atoms with E-state index in [-0.39, 0.29) is 4.90 Å². The normalized spacial score (nSPS) is 15.5. The van der Waals surface area contributed by atoms with Gasteiger partial charge in [-0.3, -0.25) is 4.90 Å². The van der Waals surface area contributed by atoms with E-state index < -0.39 is 10.0 Å². The van der Waals surface area contributed by atoms with Crippen molar-refractivity contribution in [1.29, 1.82) is 0 Å². The number of ether oxygens (including phenoxy) is 1. The maximum absolute atomic E-state index is 12.6. The molecule has 0 unspecified atom stereocenters. The molecule has 0 spiro atoms. The molecule has 152 valence electrons. The first-order chi connectivity index (χ1) is 13.6. The number of sulfonamides is 1. The Morgan fingerprint density at radius 1 is 0.964 bits per heavy atom. The molecule has 0 atom stereocenters. The highest BCUT2D eigenvalue weighted by molar-refractivity contribution is 7.89. The lowest BCUT2D eigenvalue weighted by atomic mass is 10.2. The summed E-state index contributed by atoms with van der Waals surface area (Å²) in [5, 5.41) is 0. The molecule has 0 aliphatic carbocycles. The highest BCUT2D eigenvalue weighted by Crippen LogP contribution is 2.23. The van der Waals surface area contributed by atoms with Gasteiger partial charge in [0, 0.05) is 38.4 Å². The van der Waals surface area contributed by atoms with Crippen LogP contribution in [0.25, 0.3) is 0 Å². The van der Waals surface area contributed by atoms with Gasteiger partial charge in [-0.25, -0.2) is 13.1 Å². The smallest absolute Gasteiger partial charge is 0.244 e. The minimum Gasteiger partial charge on any atom is -0.492 e. The summed E-state index contributed by atoms with van der Waals surface area (Å²) >= 11 is 0. The Morgan fingerprint density at radius 2 is 1.64 bits per heavy atom. The topological polar surface area (TPSA) is 61.9 Å². The van der Waals surface area contributed by atoms with Gasteiger partial charge in [0.1, 0.15) is 10.6 Å². The molecule has 2 aromatic carbocycles. The van der Waals surface area contributed by atoms with E-state index in [1.807, 2.05) is 13.0 Å². The van der Waals surface area contributed by atoms with Crippen LogP contribution in [0.3, 0.4) is 0 Å². The molecule has 7 heteroatoms. The van der Waals surface area contributed by atoms with E-state index in [1.54, 1.807) is 24.3 Å². The predicted octanol–water partition coefficient (Wildman–Crippen LogP) is 2.58. The number of nitrogens with zero attached hydrogens (tertiary/aromatic N) is 2. The number of rotatable bonds is 9. The highest BCUT2D eigenvalue weighted by Gasteiger charge is 2.20. The van der Waals surface area contributed by atoms with Crippen molar-refractivity contribution in [3.05, 3.63) is 54.6 Å². The minimum atomic E-state index is -3.56. The summed E-state index contributed by atoms with van der Waals surface area (Å²) in [5.74, 6) is 0.398. The van der Waals surface area contributed by atoms with Gasteiger partial charge in [0.2, 0.25) is 10.0 Å². The van der Waals surface area contributed by atoms with Crippen molar-refractivity contribution in [3.63, 3.8) is 0 Å². The summed E-state index contributed by atoms with van der Waals surface area (Å²) in [4.78, 5) is 4.99. The fourth-order valence-corrected chi connectivity index (χ4v) is 4.62. The maximum atomic E-state index is 12.6. The molecule has 0 aromatic heterocycles. The van der Waals surface area contributed by atoms with Gasteiger partial charge in [-0.05, 0) is 44.2 Å². The molecule has 0 radical (unpaired) electrons. The zero-order valence-corrected chi connectivity index (χ0v) is 17.2. The van der Waals surface area contributed by atoms with Gasteiger partial charge in [-0.2, -0.15) is 0 Å². The van der Waals surface area contributed by atoms with Gasteiger partial charge >= 0.3 is 0 Å². The van der Waals surface area contributed by atoms with Crippen LogP contribution in [0.1, 0.15) is 13.3 Å². The Morgan fingerprint density at radius 3 is 2.36 bits per heavy atom. The van der Waals surface area contributed by atoms with E-state index >= 15 is 0 Å². The largest absolute Gasteiger partial charge is 0.492 e. The second kappa shape index (κ2) is 9.91. The van der Waals surface area contributed by atoms with Crippen LogP contribution in [0.4, 0.5) is 5.69 Å². The molecule has 6 nitrogen and oxygen atoms in total. The first-order valence-electron chi connectivity index (χ1n) is 9.84. The van der Waals surface area contributed by atoms with Crippen molar-refractivity contribution in [3.8, 4) is 5.75 Å². The summed E-state index contributed by atoms with van der Waals surface area (Å²) in [6.07, 6.45) is 0.779. The summed E-state index contributed by atoms with van der Waals surface area (Å²) in [6.45, 7) is 7.56. The number of hydrogen-bond acceptors (Lipinski definition) is 5. The van der Waals surface area contributed by atoms with Crippen molar-refractivity contribution >= 4 is 15.7 Å². The van der Waals surface area contributed by atoms with E-state index in [2.05, 4.69) is 38.8 Å². The Labute approximate surface area is 168 Å². The van der Waals surface area contributed by atoms with Gasteiger partial charge < -0.3 is 9.64 Å². The van der Waals surface area contributed by atoms with Gasteiger partial charge in [0.25, 0.3) is 0 Å². The molecular weight excluding hydrogens is 374 g/mol. The number of nitrogens with one attached hydrogen (secondary N) is 1. The van der Waals surface area contributed by atoms with Crippen LogP contribution >= 0.6 is 0 Å². The zero-order valence-electron chi connectivity index (χ0n) is 16.4. The zero-order chi connectivity index (χ0) is 19.8. The number of anilines is 1. The molecule has 1 fully saturated rings. The predicted molar refractivity (Wildman–Crippen MR) is 113 cm³/mol. The molecule has 0 saturated carbocycles. The Kier molecular flexibility index (Phi) is 7.30. The van der Waals surface area contributed by atoms with Crippen molar-refractivity contribution in [1.82, 2.24) is 9.62 Å². The Bertz CT molecular complexity index is 835. The fourth-order valence-electron chi connectivity index (χ4n) is 3.40. The molecule has 2 aromatic rings. The van der Waals surface area contributed by atoms with Gasteiger partial charge in [-0.1, -0.05) is 30.3 Å². The molecule has 28 heavy (non-hydrogen) atoms. The number of benzene rings is 2. The lowest BCUT2D eigenvalue weighted by molar-refractivity contribution is 0.255. The van der Waals surface area contributed by atoms with E-state index in [1.165, 1.54) is 5.69 Å². The number of hydrogen-bond donors (Lipinski definition) is 1. The third-order valence-corrected chi connectivity index (χ3v) is 6.38. The van der Waals surface area contributed by atoms with E-state index in [9.17, 15) is 8.42 Å². The molecule has 0 bridgehead atoms. The van der Waals surface area contributed by atoms with Crippen molar-refractivity contribution in [2.45, 2.75) is 18.2 Å². The molecule has 3 rings (SSSR count). The molecule has 1 heterocycles. The average Bonchev–Trinajstić information content (AvgIpc) is 2.73. The first-order valence-corrected chi connectivity index (χ1v) is 11.3. The SMILES string of the molecule is CCOc1ccccc1S(=O)(=O)NCCCN1CCN(c2ccccc2)CC1. The van der Waals surface area contributed by atoms with Crippen molar-refractivity contribution < 1.29 is 13.2 Å². The second-order valence-corrected chi connectivity index (χ2v) is 8.53. The Balaban J connectivity index is 1.43. The van der Waals surface area contributed by atoms with Crippen LogP contribution in [0.2, 0.25) is 0 Å². The van der Waals surface area contributed by atoms with Crippen molar-refractivity contribution in [2.24, 2.45) is 0 Å². The van der Waals surface area contributed by atoms with Gasteiger partial charge in [0.05, 0.1) is 6.61 Å². The summed E-state index contributed by atoms with van der Waals surface area (Å²) < 4.78 is 33.3. The molecule has 1 aliphatic heterocycles. The van der Waals surface area contributed by atoms with Gasteiger partial charge in [0.15, 0.2) is 0 Å². The first kappa shape index (κ1) is 20.6. The lowest BCUT2D eigenvalue weighted by Crippen LogP contribution is -2.47. The maximum Gasteiger partial charge on any atom is 0.244 e. The van der Waals surface area contributed by atoms with Crippen LogP contribution in [0.15, 0.2) is 59.5 Å². The standard InChI is InChI=1S/C21H29N3O3S/c1-2-27-20-11-6-7-12-21(20)28(25,26)22-13-8-14-23-15-17-24(18-16-23)19-9-4-3-5-10-19/h3-7,9-12,22H,2,8,13-18H2,1H3. The lowest BCUT2D eigenvalue weighted by Gasteiger charge is -2.36. The molecular formula is C21H29N3O3S. The summed E-state index contributed by atoms with van der Waals surface area (Å²) in [5.41, 5.74) is 1.27. The van der Waals surface area contributed by atoms with Crippen LogP contribution < -0.4 is 14.4 Å². The molecule has 1 saturated heterocycles. The summed E-state index contributed by atoms with van der Waals surface area (Å²) in [7, 11) is -3.56.